The number of carboxylic acid groups (broad SMARTS) is 1. The van der Waals surface area contributed by atoms with E-state index in [4.69, 9.17) is 16.3 Å². The molecule has 1 aromatic carbocycles. The van der Waals surface area contributed by atoms with Crippen molar-refractivity contribution in [3.05, 3.63) is 41.4 Å². The zero-order valence-corrected chi connectivity index (χ0v) is 11.7. The van der Waals surface area contributed by atoms with Crippen LogP contribution in [-0.2, 0) is 14.3 Å². The molecule has 1 N–H and O–H groups in total. The van der Waals surface area contributed by atoms with E-state index in [2.05, 4.69) is 0 Å². The average Bonchev–Trinajstić information content (AvgIpc) is 3.08. The standard InChI is InChI=1S/C15H12ClNO4/c16-8-1-3-9(4-2-8)17-7-15-6-5-10(21-15)11(14(19)20)12(15)13(17)18/h1-6,10-12H,7H2,(H,19,20)/t10-,11+,12+,15+/m0/s1. The Kier molecular flexibility index (Phi) is 2.50. The zero-order chi connectivity index (χ0) is 14.8. The molecule has 0 aromatic heterocycles. The highest BCUT2D eigenvalue weighted by atomic mass is 35.5. The molecule has 2 fully saturated rings. The molecule has 108 valence electrons. The quantitative estimate of drug-likeness (QED) is 0.845. The second-order valence-electron chi connectivity index (χ2n) is 5.64. The SMILES string of the molecule is O=C(O)[C@@H]1[C@@H]2C=C[C@]3(CN(c4ccc(Cl)cc4)C(=O)[C@@H]13)O2. The number of fused-ring (bicyclic) bond motifs is 1. The largest absolute Gasteiger partial charge is 0.481 e. The van der Waals surface area contributed by atoms with Crippen LogP contribution in [0.4, 0.5) is 5.69 Å². The van der Waals surface area contributed by atoms with Crippen LogP contribution in [-0.4, -0.2) is 35.2 Å². The highest BCUT2D eigenvalue weighted by Gasteiger charge is 2.67. The second kappa shape index (κ2) is 4.08. The first-order valence-corrected chi connectivity index (χ1v) is 7.07. The van der Waals surface area contributed by atoms with Gasteiger partial charge in [0.1, 0.15) is 11.5 Å². The molecule has 4 atom stereocenters. The number of aliphatic carboxylic acids is 1. The Labute approximate surface area is 125 Å². The van der Waals surface area contributed by atoms with Gasteiger partial charge in [0.05, 0.1) is 18.6 Å². The average molecular weight is 306 g/mol. The summed E-state index contributed by atoms with van der Waals surface area (Å²) in [6, 6.07) is 6.92. The first-order valence-electron chi connectivity index (χ1n) is 6.69. The van der Waals surface area contributed by atoms with Crippen LogP contribution >= 0.6 is 11.6 Å². The number of carboxylic acids is 1. The van der Waals surface area contributed by atoms with Crippen LogP contribution in [0.3, 0.4) is 0 Å². The highest BCUT2D eigenvalue weighted by molar-refractivity contribution is 6.30. The summed E-state index contributed by atoms with van der Waals surface area (Å²) in [7, 11) is 0. The number of amides is 1. The lowest BCUT2D eigenvalue weighted by atomic mass is 9.77. The van der Waals surface area contributed by atoms with Gasteiger partial charge in [-0.2, -0.15) is 0 Å². The Hall–Kier alpha value is -1.85. The summed E-state index contributed by atoms with van der Waals surface area (Å²) in [6.07, 6.45) is 3.10. The monoisotopic (exact) mass is 305 g/mol. The normalized spacial score (nSPS) is 36.3. The Morgan fingerprint density at radius 2 is 2.10 bits per heavy atom. The zero-order valence-electron chi connectivity index (χ0n) is 10.9. The summed E-state index contributed by atoms with van der Waals surface area (Å²) in [6.45, 7) is 0.342. The molecule has 2 bridgehead atoms. The molecule has 1 amide bonds. The van der Waals surface area contributed by atoms with Crippen molar-refractivity contribution in [3.8, 4) is 0 Å². The summed E-state index contributed by atoms with van der Waals surface area (Å²) in [5.41, 5.74) is -0.0949. The summed E-state index contributed by atoms with van der Waals surface area (Å²) in [5, 5.41) is 9.98. The van der Waals surface area contributed by atoms with Crippen LogP contribution < -0.4 is 4.90 Å². The maximum Gasteiger partial charge on any atom is 0.310 e. The number of ether oxygens (including phenoxy) is 1. The van der Waals surface area contributed by atoms with Gasteiger partial charge in [0, 0.05) is 10.7 Å². The number of hydrogen-bond donors (Lipinski definition) is 1. The number of nitrogens with zero attached hydrogens (tertiary/aromatic N) is 1. The van der Waals surface area contributed by atoms with Crippen molar-refractivity contribution < 1.29 is 19.4 Å². The van der Waals surface area contributed by atoms with Gasteiger partial charge in [-0.3, -0.25) is 9.59 Å². The van der Waals surface area contributed by atoms with Gasteiger partial charge in [0.15, 0.2) is 0 Å². The van der Waals surface area contributed by atoms with Gasteiger partial charge < -0.3 is 14.7 Å². The summed E-state index contributed by atoms with van der Waals surface area (Å²) < 4.78 is 5.82. The van der Waals surface area contributed by atoms with Crippen LogP contribution in [0.1, 0.15) is 0 Å². The van der Waals surface area contributed by atoms with E-state index in [-0.39, 0.29) is 5.91 Å². The van der Waals surface area contributed by atoms with Gasteiger partial charge in [-0.05, 0) is 24.3 Å². The van der Waals surface area contributed by atoms with Crippen LogP contribution in [0.5, 0.6) is 0 Å². The van der Waals surface area contributed by atoms with E-state index in [1.54, 1.807) is 35.2 Å². The Bertz CT molecular complexity index is 671. The van der Waals surface area contributed by atoms with E-state index in [0.717, 1.165) is 0 Å². The van der Waals surface area contributed by atoms with Crippen molar-refractivity contribution >= 4 is 29.2 Å². The topological polar surface area (TPSA) is 66.8 Å². The molecule has 5 nitrogen and oxygen atoms in total. The van der Waals surface area contributed by atoms with Crippen LogP contribution in [0.15, 0.2) is 36.4 Å². The van der Waals surface area contributed by atoms with Crippen molar-refractivity contribution in [1.29, 1.82) is 0 Å². The van der Waals surface area contributed by atoms with Crippen molar-refractivity contribution in [1.82, 2.24) is 0 Å². The first kappa shape index (κ1) is 12.9. The fraction of sp³-hybridized carbons (Fsp3) is 0.333. The van der Waals surface area contributed by atoms with E-state index >= 15 is 0 Å². The van der Waals surface area contributed by atoms with Gasteiger partial charge in [0.25, 0.3) is 0 Å². The van der Waals surface area contributed by atoms with E-state index in [9.17, 15) is 14.7 Å². The molecular formula is C15H12ClNO4. The van der Waals surface area contributed by atoms with Crippen LogP contribution in [0, 0.1) is 11.8 Å². The van der Waals surface area contributed by atoms with E-state index in [1.807, 2.05) is 6.08 Å². The fourth-order valence-corrected chi connectivity index (χ4v) is 3.75. The van der Waals surface area contributed by atoms with Crippen molar-refractivity contribution in [2.75, 3.05) is 11.4 Å². The van der Waals surface area contributed by atoms with E-state index in [0.29, 0.717) is 17.3 Å². The molecule has 0 saturated carbocycles. The molecule has 3 aliphatic rings. The molecule has 0 aliphatic carbocycles. The predicted molar refractivity (Wildman–Crippen MR) is 75.2 cm³/mol. The third-order valence-electron chi connectivity index (χ3n) is 4.52. The number of carbonyl (C=O) groups excluding carboxylic acids is 1. The van der Waals surface area contributed by atoms with Gasteiger partial charge >= 0.3 is 5.97 Å². The number of halogens is 1. The Morgan fingerprint density at radius 1 is 1.38 bits per heavy atom. The smallest absolute Gasteiger partial charge is 0.310 e. The molecular weight excluding hydrogens is 294 g/mol. The van der Waals surface area contributed by atoms with Gasteiger partial charge in [-0.25, -0.2) is 0 Å². The number of anilines is 1. The summed E-state index contributed by atoms with van der Waals surface area (Å²) in [4.78, 5) is 25.7. The first-order chi connectivity index (χ1) is 10.0. The summed E-state index contributed by atoms with van der Waals surface area (Å²) in [5.74, 6) is -2.64. The van der Waals surface area contributed by atoms with Gasteiger partial charge in [0.2, 0.25) is 5.91 Å². The van der Waals surface area contributed by atoms with Crippen LogP contribution in [0.25, 0.3) is 0 Å². The molecule has 21 heavy (non-hydrogen) atoms. The minimum absolute atomic E-state index is 0.198. The lowest BCUT2D eigenvalue weighted by Crippen LogP contribution is -2.39. The molecule has 0 unspecified atom stereocenters. The minimum atomic E-state index is -0.984. The third kappa shape index (κ3) is 1.61. The summed E-state index contributed by atoms with van der Waals surface area (Å²) >= 11 is 5.86. The van der Waals surface area contributed by atoms with E-state index < -0.39 is 29.5 Å². The van der Waals surface area contributed by atoms with Gasteiger partial charge in [-0.1, -0.05) is 23.8 Å². The highest BCUT2D eigenvalue weighted by Crippen LogP contribution is 2.52. The maximum absolute atomic E-state index is 12.7. The number of rotatable bonds is 2. The Balaban J connectivity index is 1.73. The molecule has 3 aliphatic heterocycles. The molecule has 0 radical (unpaired) electrons. The molecule has 6 heteroatoms. The van der Waals surface area contributed by atoms with Crippen molar-refractivity contribution in [2.24, 2.45) is 11.8 Å². The van der Waals surface area contributed by atoms with Crippen LogP contribution in [0.2, 0.25) is 5.02 Å². The lowest BCUT2D eigenvalue weighted by Gasteiger charge is -2.21. The molecule has 3 heterocycles. The lowest BCUT2D eigenvalue weighted by molar-refractivity contribution is -0.146. The number of carbonyl (C=O) groups is 2. The fourth-order valence-electron chi connectivity index (χ4n) is 3.62. The maximum atomic E-state index is 12.7. The second-order valence-corrected chi connectivity index (χ2v) is 6.08. The molecule has 4 rings (SSSR count). The predicted octanol–water partition coefficient (Wildman–Crippen LogP) is 1.71. The molecule has 2 saturated heterocycles. The number of hydrogen-bond acceptors (Lipinski definition) is 3. The van der Waals surface area contributed by atoms with Crippen molar-refractivity contribution in [2.45, 2.75) is 11.7 Å². The Morgan fingerprint density at radius 3 is 2.76 bits per heavy atom. The van der Waals surface area contributed by atoms with Gasteiger partial charge in [-0.15, -0.1) is 0 Å². The molecule has 1 spiro atoms. The third-order valence-corrected chi connectivity index (χ3v) is 4.78. The minimum Gasteiger partial charge on any atom is -0.481 e. The number of benzene rings is 1. The molecule has 1 aromatic rings. The van der Waals surface area contributed by atoms with E-state index in [1.165, 1.54) is 0 Å². The van der Waals surface area contributed by atoms with Crippen molar-refractivity contribution in [3.63, 3.8) is 0 Å².